The van der Waals surface area contributed by atoms with Gasteiger partial charge in [0, 0.05) is 24.3 Å². The summed E-state index contributed by atoms with van der Waals surface area (Å²) in [6, 6.07) is 4.17. The second-order valence-electron chi connectivity index (χ2n) is 10.9. The van der Waals surface area contributed by atoms with Gasteiger partial charge >= 0.3 is 5.97 Å². The quantitative estimate of drug-likeness (QED) is 0.189. The van der Waals surface area contributed by atoms with Crippen LogP contribution in [0.3, 0.4) is 0 Å². The van der Waals surface area contributed by atoms with Crippen LogP contribution in [-0.2, 0) is 28.7 Å². The van der Waals surface area contributed by atoms with Crippen LogP contribution in [0.5, 0.6) is 0 Å². The van der Waals surface area contributed by atoms with Gasteiger partial charge in [0.2, 0.25) is 11.8 Å². The zero-order chi connectivity index (χ0) is 30.8. The maximum absolute atomic E-state index is 14.5. The van der Waals surface area contributed by atoms with Gasteiger partial charge in [0.05, 0.1) is 41.8 Å². The number of benzene rings is 1. The fourth-order valence-corrected chi connectivity index (χ4v) is 7.72. The van der Waals surface area contributed by atoms with Crippen LogP contribution in [0.15, 0.2) is 43.5 Å². The number of allylic oxidation sites excluding steroid dienone is 1. The van der Waals surface area contributed by atoms with Crippen LogP contribution in [0.2, 0.25) is 5.02 Å². The number of nitrogens with one attached hydrogen (secondary N) is 1. The van der Waals surface area contributed by atoms with E-state index in [0.29, 0.717) is 23.6 Å². The van der Waals surface area contributed by atoms with Gasteiger partial charge in [-0.3, -0.25) is 19.2 Å². The van der Waals surface area contributed by atoms with Gasteiger partial charge < -0.3 is 29.7 Å². The highest BCUT2D eigenvalue weighted by Gasteiger charge is 2.77. The predicted octanol–water partition coefficient (Wildman–Crippen LogP) is 2.92. The third-order valence-electron chi connectivity index (χ3n) is 8.15. The minimum atomic E-state index is -1.33. The summed E-state index contributed by atoms with van der Waals surface area (Å²) >= 11 is 10.2. The van der Waals surface area contributed by atoms with Gasteiger partial charge in [-0.25, -0.2) is 0 Å². The first-order chi connectivity index (χ1) is 20.0. The maximum atomic E-state index is 14.5. The molecule has 3 aliphatic rings. The van der Waals surface area contributed by atoms with E-state index in [9.17, 15) is 24.3 Å². The lowest BCUT2D eigenvalue weighted by molar-refractivity contribution is -0.159. The first kappa shape index (κ1) is 32.2. The van der Waals surface area contributed by atoms with E-state index in [1.165, 1.54) is 9.80 Å². The predicted molar refractivity (Wildman–Crippen MR) is 161 cm³/mol. The highest BCUT2D eigenvalue weighted by molar-refractivity contribution is 9.09. The fourth-order valence-electron chi connectivity index (χ4n) is 6.46. The number of aliphatic hydroxyl groups excluding tert-OH is 1. The molecular formula is C30H37BrClN3O7. The molecule has 3 heterocycles. The molecule has 228 valence electrons. The van der Waals surface area contributed by atoms with Crippen molar-refractivity contribution in [3.05, 3.63) is 54.1 Å². The summed E-state index contributed by atoms with van der Waals surface area (Å²) in [4.78, 5) is 56.5. The molecule has 4 rings (SSSR count). The maximum Gasteiger partial charge on any atom is 0.312 e. The number of carbonyl (C=O) groups excluding carboxylic acids is 4. The molecule has 0 aromatic heterocycles. The van der Waals surface area contributed by atoms with Crippen molar-refractivity contribution in [3.8, 4) is 0 Å². The molecule has 2 N–H and O–H groups in total. The Labute approximate surface area is 259 Å². The average Bonchev–Trinajstić information content (AvgIpc) is 3.53. The summed E-state index contributed by atoms with van der Waals surface area (Å²) < 4.78 is 12.2. The number of aliphatic hydroxyl groups is 1. The number of carbonyl (C=O) groups is 4. The van der Waals surface area contributed by atoms with Crippen LogP contribution in [0.4, 0.5) is 5.69 Å². The topological polar surface area (TPSA) is 125 Å². The highest BCUT2D eigenvalue weighted by atomic mass is 79.9. The molecule has 0 aliphatic carbocycles. The highest BCUT2D eigenvalue weighted by Crippen LogP contribution is 2.60. The summed E-state index contributed by atoms with van der Waals surface area (Å²) in [5.74, 6) is -3.70. The molecule has 3 fully saturated rings. The number of aryl methyl sites for hydroxylation is 1. The number of anilines is 1. The molecule has 3 aliphatic heterocycles. The van der Waals surface area contributed by atoms with E-state index in [4.69, 9.17) is 21.1 Å². The Balaban J connectivity index is 1.64. The lowest BCUT2D eigenvalue weighted by Crippen LogP contribution is -2.57. The molecule has 0 saturated carbocycles. The Morgan fingerprint density at radius 2 is 2.10 bits per heavy atom. The molecule has 12 heteroatoms. The van der Waals surface area contributed by atoms with Crippen LogP contribution >= 0.6 is 27.5 Å². The molecular weight excluding hydrogens is 630 g/mol. The fraction of sp³-hybridized carbons (Fsp3) is 0.533. The molecule has 7 atom stereocenters. The number of alkyl halides is 1. The smallest absolute Gasteiger partial charge is 0.312 e. The molecule has 2 bridgehead atoms. The third kappa shape index (κ3) is 5.76. The van der Waals surface area contributed by atoms with E-state index in [1.807, 2.05) is 13.0 Å². The Hall–Kier alpha value is -2.73. The Bertz CT molecular complexity index is 1240. The Kier molecular flexibility index (Phi) is 10.2. The average molecular weight is 667 g/mol. The summed E-state index contributed by atoms with van der Waals surface area (Å²) in [7, 11) is 0. The van der Waals surface area contributed by atoms with Crippen molar-refractivity contribution in [2.45, 2.75) is 61.8 Å². The SMILES string of the molecule is C=CCCC(=O)NC[C@H](C)OC(=O)[C@H]1[C@@H]2O[C@@]3(CC2Br)[C@@H]1C(=O)N(CCO)[C@@H]3C(=O)N(CC=C)c1c(C)cccc1Cl. The van der Waals surface area contributed by atoms with Crippen LogP contribution < -0.4 is 10.2 Å². The summed E-state index contributed by atoms with van der Waals surface area (Å²) in [6.07, 6.45) is 2.96. The Morgan fingerprint density at radius 3 is 2.74 bits per heavy atom. The second kappa shape index (κ2) is 13.3. The molecule has 1 spiro atoms. The number of amides is 3. The van der Waals surface area contributed by atoms with Crippen molar-refractivity contribution in [1.82, 2.24) is 10.2 Å². The molecule has 3 saturated heterocycles. The molecule has 42 heavy (non-hydrogen) atoms. The van der Waals surface area contributed by atoms with E-state index in [0.717, 1.165) is 5.56 Å². The van der Waals surface area contributed by atoms with Crippen LogP contribution in [0.25, 0.3) is 0 Å². The third-order valence-corrected chi connectivity index (χ3v) is 9.30. The van der Waals surface area contributed by atoms with Gasteiger partial charge in [-0.05, 0) is 38.3 Å². The standard InChI is InChI=1S/C30H37BrClN3O7/c1-5-7-11-21(37)33-16-18(4)41-29(40)22-23-27(38)35(13-14-36)26(30(23)15-19(31)25(22)42-30)28(39)34(12-6-2)24-17(3)9-8-10-20(24)32/h5-6,8-10,18-19,22-23,25-26,36H,1-2,7,11-16H2,3-4H3,(H,33,37)/t18-,19?,22+,23-,25+,26+,30-/m0/s1. The van der Waals surface area contributed by atoms with Gasteiger partial charge in [0.1, 0.15) is 17.7 Å². The van der Waals surface area contributed by atoms with Gasteiger partial charge in [-0.2, -0.15) is 0 Å². The first-order valence-electron chi connectivity index (χ1n) is 14.0. The minimum Gasteiger partial charge on any atom is -0.460 e. The van der Waals surface area contributed by atoms with E-state index in [-0.39, 0.29) is 43.4 Å². The number of esters is 1. The van der Waals surface area contributed by atoms with E-state index < -0.39 is 53.5 Å². The number of rotatable bonds is 13. The second-order valence-corrected chi connectivity index (χ2v) is 12.5. The van der Waals surface area contributed by atoms with Crippen molar-refractivity contribution in [3.63, 3.8) is 0 Å². The molecule has 10 nitrogen and oxygen atoms in total. The number of nitrogens with zero attached hydrogens (tertiary/aromatic N) is 2. The molecule has 1 aromatic rings. The van der Waals surface area contributed by atoms with Crippen LogP contribution in [-0.4, -0.2) is 88.6 Å². The zero-order valence-corrected chi connectivity index (χ0v) is 26.1. The first-order valence-corrected chi connectivity index (χ1v) is 15.3. The number of hydrogen-bond acceptors (Lipinski definition) is 7. The zero-order valence-electron chi connectivity index (χ0n) is 23.8. The summed E-state index contributed by atoms with van der Waals surface area (Å²) in [5, 5.41) is 13.0. The normalized spacial score (nSPS) is 28.3. The number of hydrogen-bond donors (Lipinski definition) is 2. The van der Waals surface area contributed by atoms with E-state index in [2.05, 4.69) is 34.4 Å². The van der Waals surface area contributed by atoms with Crippen molar-refractivity contribution >= 4 is 56.9 Å². The van der Waals surface area contributed by atoms with Crippen molar-refractivity contribution in [2.75, 3.05) is 31.1 Å². The van der Waals surface area contributed by atoms with Crippen LogP contribution in [0.1, 0.15) is 31.7 Å². The van der Waals surface area contributed by atoms with E-state index >= 15 is 0 Å². The van der Waals surface area contributed by atoms with Crippen LogP contribution in [0, 0.1) is 18.8 Å². The minimum absolute atomic E-state index is 0.104. The largest absolute Gasteiger partial charge is 0.460 e. The number of fused-ring (bicyclic) bond motifs is 1. The number of halogens is 2. The Morgan fingerprint density at radius 1 is 1.36 bits per heavy atom. The lowest BCUT2D eigenvalue weighted by Gasteiger charge is -2.37. The number of likely N-dealkylation sites (tertiary alicyclic amines) is 1. The summed E-state index contributed by atoms with van der Waals surface area (Å²) in [5.41, 5.74) is -0.0854. The van der Waals surface area contributed by atoms with Gasteiger partial charge in [0.25, 0.3) is 5.91 Å². The van der Waals surface area contributed by atoms with Crippen molar-refractivity contribution in [1.29, 1.82) is 0 Å². The summed E-state index contributed by atoms with van der Waals surface area (Å²) in [6.45, 7) is 10.6. The molecule has 1 unspecified atom stereocenters. The van der Waals surface area contributed by atoms with E-state index in [1.54, 1.807) is 31.2 Å². The van der Waals surface area contributed by atoms with Crippen molar-refractivity contribution < 1.29 is 33.8 Å². The number of para-hydroxylation sites is 1. The monoisotopic (exact) mass is 665 g/mol. The van der Waals surface area contributed by atoms with Crippen molar-refractivity contribution in [2.24, 2.45) is 11.8 Å². The molecule has 3 amide bonds. The lowest BCUT2D eigenvalue weighted by atomic mass is 9.70. The molecule has 1 aromatic carbocycles. The molecule has 0 radical (unpaired) electrons. The number of β-amino-alcohol motifs (C(OH)–C–C–N with tert-alkyl or cyclic N) is 1. The van der Waals surface area contributed by atoms with Gasteiger partial charge in [-0.15, -0.1) is 13.2 Å². The van der Waals surface area contributed by atoms with Gasteiger partial charge in [0.15, 0.2) is 0 Å². The number of ether oxygens (including phenoxy) is 2. The van der Waals surface area contributed by atoms with Gasteiger partial charge in [-0.1, -0.05) is 51.8 Å².